The second-order valence-electron chi connectivity index (χ2n) is 2.71. The molecule has 0 heterocycles. The molecule has 0 N–H and O–H groups in total. The zero-order valence-corrected chi connectivity index (χ0v) is 11.8. The molecular formula is C11H9Ac-. The minimum Gasteiger partial charge on any atom is -0.147 e. The van der Waals surface area contributed by atoms with E-state index in [9.17, 15) is 0 Å². The van der Waals surface area contributed by atoms with E-state index in [0.29, 0.717) is 0 Å². The molecule has 0 aromatic heterocycles. The molecule has 0 fully saturated rings. The summed E-state index contributed by atoms with van der Waals surface area (Å²) in [7, 11) is 0. The Hall–Kier alpha value is 0.142. The van der Waals surface area contributed by atoms with Crippen LogP contribution < -0.4 is 0 Å². The zero-order chi connectivity index (χ0) is 7.68. The molecule has 0 saturated carbocycles. The molecule has 12 heavy (non-hydrogen) atoms. The van der Waals surface area contributed by atoms with E-state index in [0.717, 1.165) is 0 Å². The Morgan fingerprint density at radius 1 is 1.08 bits per heavy atom. The van der Waals surface area contributed by atoms with Crippen molar-refractivity contribution >= 4 is 10.8 Å². The van der Waals surface area contributed by atoms with Gasteiger partial charge in [0.1, 0.15) is 0 Å². The largest absolute Gasteiger partial charge is 0.147 e. The summed E-state index contributed by atoms with van der Waals surface area (Å²) in [5, 5.41) is 2.50. The molecular weight excluding hydrogens is 359 g/mol. The molecule has 2 rings (SSSR count). The summed E-state index contributed by atoms with van der Waals surface area (Å²) in [4.78, 5) is 0. The zero-order valence-electron chi connectivity index (χ0n) is 7.04. The first-order valence-electron chi connectivity index (χ1n) is 3.74. The van der Waals surface area contributed by atoms with Gasteiger partial charge < -0.3 is 0 Å². The molecule has 0 aliphatic carbocycles. The van der Waals surface area contributed by atoms with Crippen LogP contribution >= 0.6 is 0 Å². The Morgan fingerprint density at radius 3 is 2.58 bits per heavy atom. The van der Waals surface area contributed by atoms with Crippen molar-refractivity contribution in [1.29, 1.82) is 0 Å². The third kappa shape index (κ3) is 1.90. The molecule has 0 atom stereocenters. The van der Waals surface area contributed by atoms with Crippen LogP contribution in [0.25, 0.3) is 10.8 Å². The van der Waals surface area contributed by atoms with E-state index in [2.05, 4.69) is 37.3 Å². The maximum Gasteiger partial charge on any atom is 0 e. The smallest absolute Gasteiger partial charge is 0 e. The van der Waals surface area contributed by atoms with Crippen LogP contribution in [0.2, 0.25) is 0 Å². The quantitative estimate of drug-likeness (QED) is 0.628. The Balaban J connectivity index is 0.000000720. The predicted octanol–water partition coefficient (Wildman–Crippen LogP) is 2.95. The van der Waals surface area contributed by atoms with Gasteiger partial charge in [-0.3, -0.25) is 0 Å². The number of rotatable bonds is 0. The Kier molecular flexibility index (Phi) is 3.75. The van der Waals surface area contributed by atoms with E-state index in [1.165, 1.54) is 16.3 Å². The molecule has 57 valence electrons. The summed E-state index contributed by atoms with van der Waals surface area (Å²) in [5.41, 5.74) is 1.32. The van der Waals surface area contributed by atoms with Crippen LogP contribution in [0.15, 0.2) is 36.4 Å². The Bertz CT molecular complexity index is 374. The maximum atomic E-state index is 3.19. The minimum atomic E-state index is 0. The fourth-order valence-corrected chi connectivity index (χ4v) is 1.30. The number of hydrogen-bond donors (Lipinski definition) is 0. The first-order chi connectivity index (χ1) is 5.38. The van der Waals surface area contributed by atoms with Crippen molar-refractivity contribution in [3.8, 4) is 0 Å². The Labute approximate surface area is 109 Å². The van der Waals surface area contributed by atoms with Gasteiger partial charge in [0.2, 0.25) is 0 Å². The van der Waals surface area contributed by atoms with Crippen molar-refractivity contribution in [2.75, 3.05) is 0 Å². The van der Waals surface area contributed by atoms with Gasteiger partial charge >= 0.3 is 0 Å². The summed E-state index contributed by atoms with van der Waals surface area (Å²) in [5.74, 6) is 0. The van der Waals surface area contributed by atoms with Gasteiger partial charge in [0.15, 0.2) is 0 Å². The first-order valence-corrected chi connectivity index (χ1v) is 3.74. The molecule has 1 heteroatoms. The van der Waals surface area contributed by atoms with Crippen molar-refractivity contribution < 1.29 is 44.1 Å². The fourth-order valence-electron chi connectivity index (χ4n) is 1.30. The van der Waals surface area contributed by atoms with E-state index in [1.54, 1.807) is 0 Å². The topological polar surface area (TPSA) is 0 Å². The van der Waals surface area contributed by atoms with Crippen molar-refractivity contribution in [2.24, 2.45) is 0 Å². The standard InChI is InChI=1S/C11H9.Ac/c1-9-5-4-7-10-6-2-3-8-11(9)10;/h2-6,8H,1H3;/q-1;. The number of benzene rings is 2. The van der Waals surface area contributed by atoms with Gasteiger partial charge in [-0.1, -0.05) is 19.1 Å². The first kappa shape index (κ1) is 10.2. The van der Waals surface area contributed by atoms with Crippen LogP contribution in [0.1, 0.15) is 5.56 Å². The fraction of sp³-hybridized carbons (Fsp3) is 0.0909. The summed E-state index contributed by atoms with van der Waals surface area (Å²) in [6.45, 7) is 2.12. The van der Waals surface area contributed by atoms with Crippen molar-refractivity contribution in [1.82, 2.24) is 0 Å². The van der Waals surface area contributed by atoms with Gasteiger partial charge in [-0.05, 0) is 0 Å². The van der Waals surface area contributed by atoms with Crippen molar-refractivity contribution in [2.45, 2.75) is 6.92 Å². The second kappa shape index (κ2) is 4.40. The number of hydrogen-bond acceptors (Lipinski definition) is 0. The van der Waals surface area contributed by atoms with E-state index in [1.807, 2.05) is 12.1 Å². The van der Waals surface area contributed by atoms with E-state index >= 15 is 0 Å². The number of aryl methyl sites for hydroxylation is 1. The molecule has 2 aromatic carbocycles. The average molecular weight is 368 g/mol. The molecule has 0 unspecified atom stereocenters. The monoisotopic (exact) mass is 368 g/mol. The predicted molar refractivity (Wildman–Crippen MR) is 47.5 cm³/mol. The van der Waals surface area contributed by atoms with Crippen LogP contribution in [0, 0.1) is 57.1 Å². The molecule has 0 amide bonds. The van der Waals surface area contributed by atoms with Crippen LogP contribution in [0.4, 0.5) is 0 Å². The molecule has 0 nitrogen and oxygen atoms in total. The van der Waals surface area contributed by atoms with E-state index in [4.69, 9.17) is 0 Å². The summed E-state index contributed by atoms with van der Waals surface area (Å²) >= 11 is 0. The second-order valence-corrected chi connectivity index (χ2v) is 2.71. The van der Waals surface area contributed by atoms with Gasteiger partial charge in [-0.25, -0.2) is 0 Å². The van der Waals surface area contributed by atoms with Gasteiger partial charge in [0.05, 0.1) is 0 Å². The van der Waals surface area contributed by atoms with Crippen LogP contribution in [-0.4, -0.2) is 0 Å². The van der Waals surface area contributed by atoms with E-state index < -0.39 is 0 Å². The van der Waals surface area contributed by atoms with Crippen LogP contribution in [0.5, 0.6) is 0 Å². The molecule has 0 bridgehead atoms. The van der Waals surface area contributed by atoms with E-state index in [-0.39, 0.29) is 44.1 Å². The Morgan fingerprint density at radius 2 is 1.83 bits per heavy atom. The van der Waals surface area contributed by atoms with Crippen molar-refractivity contribution in [3.05, 3.63) is 48.0 Å². The summed E-state index contributed by atoms with van der Waals surface area (Å²) in [6.07, 6.45) is 0. The summed E-state index contributed by atoms with van der Waals surface area (Å²) < 4.78 is 0. The van der Waals surface area contributed by atoms with Gasteiger partial charge in [0, 0.05) is 44.1 Å². The van der Waals surface area contributed by atoms with Gasteiger partial charge in [0.25, 0.3) is 0 Å². The molecule has 2 aromatic rings. The molecule has 0 spiro atoms. The molecule has 0 saturated heterocycles. The SMILES string of the molecule is Cc1cc[c-]c2ccccc12.[Ac]. The van der Waals surface area contributed by atoms with Crippen molar-refractivity contribution in [3.63, 3.8) is 0 Å². The molecule has 0 aliphatic heterocycles. The normalized spacial score (nSPS) is 9.42. The van der Waals surface area contributed by atoms with Crippen LogP contribution in [0.3, 0.4) is 0 Å². The summed E-state index contributed by atoms with van der Waals surface area (Å²) in [6, 6.07) is 15.6. The maximum absolute atomic E-state index is 3.19. The van der Waals surface area contributed by atoms with Gasteiger partial charge in [-0.2, -0.15) is 0 Å². The van der Waals surface area contributed by atoms with Crippen LogP contribution in [-0.2, 0) is 0 Å². The molecule has 1 radical (unpaired) electrons. The molecule has 0 aliphatic rings. The average Bonchev–Trinajstić information content (AvgIpc) is 2.06. The third-order valence-corrected chi connectivity index (χ3v) is 1.92. The number of fused-ring (bicyclic) bond motifs is 1. The van der Waals surface area contributed by atoms with Gasteiger partial charge in [-0.15, -0.1) is 46.7 Å². The minimum absolute atomic E-state index is 0. The third-order valence-electron chi connectivity index (χ3n) is 1.92.